The van der Waals surface area contributed by atoms with Gasteiger partial charge in [-0.05, 0) is 6.92 Å². The van der Waals surface area contributed by atoms with Gasteiger partial charge >= 0.3 is 11.9 Å². The highest BCUT2D eigenvalue weighted by Crippen LogP contribution is 2.18. The molecule has 0 spiro atoms. The highest BCUT2D eigenvalue weighted by atomic mass is 32.2. The van der Waals surface area contributed by atoms with Crippen LogP contribution in [-0.4, -0.2) is 39.5 Å². The number of carbonyl (C=O) groups is 2. The van der Waals surface area contributed by atoms with Gasteiger partial charge in [-0.2, -0.15) is 0 Å². The molecule has 0 bridgehead atoms. The van der Waals surface area contributed by atoms with Gasteiger partial charge in [0.2, 0.25) is 0 Å². The van der Waals surface area contributed by atoms with Crippen molar-refractivity contribution in [1.29, 1.82) is 0 Å². The Morgan fingerprint density at radius 3 is 2.88 bits per heavy atom. The van der Waals surface area contributed by atoms with Gasteiger partial charge in [0.25, 0.3) is 0 Å². The van der Waals surface area contributed by atoms with Gasteiger partial charge < -0.3 is 14.4 Å². The molecule has 0 saturated heterocycles. The van der Waals surface area contributed by atoms with Crippen LogP contribution in [0.15, 0.2) is 11.4 Å². The fraction of sp³-hybridized carbons (Fsp3) is 0.500. The number of ether oxygens (including phenoxy) is 1. The monoisotopic (exact) mass is 258 g/mol. The molecule has 1 aromatic heterocycles. The van der Waals surface area contributed by atoms with E-state index < -0.39 is 5.97 Å². The van der Waals surface area contributed by atoms with Gasteiger partial charge in [0.15, 0.2) is 5.16 Å². The van der Waals surface area contributed by atoms with Crippen LogP contribution in [0.1, 0.15) is 12.1 Å². The van der Waals surface area contributed by atoms with Crippen molar-refractivity contribution in [3.05, 3.63) is 11.9 Å². The quantitative estimate of drug-likeness (QED) is 0.604. The minimum absolute atomic E-state index is 0.0469. The molecule has 1 rings (SSSR count). The predicted molar refractivity (Wildman–Crippen MR) is 62.0 cm³/mol. The lowest BCUT2D eigenvalue weighted by molar-refractivity contribution is -0.141. The number of thioether (sulfide) groups is 1. The Morgan fingerprint density at radius 1 is 1.59 bits per heavy atom. The SMILES string of the molecule is COC(=O)CCn1c(C)cnc1SCC(=O)O. The van der Waals surface area contributed by atoms with E-state index in [-0.39, 0.29) is 18.1 Å². The maximum absolute atomic E-state index is 11.0. The predicted octanol–water partition coefficient (Wildman–Crippen LogP) is 0.931. The van der Waals surface area contributed by atoms with Crippen LogP contribution >= 0.6 is 11.8 Å². The zero-order valence-corrected chi connectivity index (χ0v) is 10.5. The van der Waals surface area contributed by atoms with E-state index >= 15 is 0 Å². The van der Waals surface area contributed by atoms with Crippen molar-refractivity contribution in [2.45, 2.75) is 25.0 Å². The Kier molecular flexibility index (Phi) is 5.02. The van der Waals surface area contributed by atoms with Crippen molar-refractivity contribution < 1.29 is 19.4 Å². The summed E-state index contributed by atoms with van der Waals surface area (Å²) in [5, 5.41) is 9.20. The first-order chi connectivity index (χ1) is 8.04. The fourth-order valence-corrected chi connectivity index (χ4v) is 2.03. The van der Waals surface area contributed by atoms with Crippen LogP contribution in [0.4, 0.5) is 0 Å². The average molecular weight is 258 g/mol. The van der Waals surface area contributed by atoms with Gasteiger partial charge in [0.05, 0.1) is 19.3 Å². The molecule has 0 aliphatic rings. The number of aryl methyl sites for hydroxylation is 1. The molecule has 1 aromatic rings. The van der Waals surface area contributed by atoms with Crippen molar-refractivity contribution in [2.24, 2.45) is 0 Å². The maximum atomic E-state index is 11.0. The van der Waals surface area contributed by atoms with Crippen LogP contribution in [0.5, 0.6) is 0 Å². The first-order valence-electron chi connectivity index (χ1n) is 4.98. The summed E-state index contributed by atoms with van der Waals surface area (Å²) in [5.74, 6) is -1.24. The number of imidazole rings is 1. The van der Waals surface area contributed by atoms with E-state index in [1.54, 1.807) is 6.20 Å². The number of aliphatic carboxylic acids is 1. The van der Waals surface area contributed by atoms with Crippen LogP contribution in [0.2, 0.25) is 0 Å². The zero-order chi connectivity index (χ0) is 12.8. The average Bonchev–Trinajstić information content (AvgIpc) is 2.64. The van der Waals surface area contributed by atoms with E-state index in [0.717, 1.165) is 17.5 Å². The van der Waals surface area contributed by atoms with Crippen LogP contribution in [-0.2, 0) is 20.9 Å². The third-order valence-corrected chi connectivity index (χ3v) is 3.09. The second kappa shape index (κ2) is 6.29. The lowest BCUT2D eigenvalue weighted by atomic mass is 10.4. The van der Waals surface area contributed by atoms with E-state index in [0.29, 0.717) is 11.7 Å². The number of hydrogen-bond acceptors (Lipinski definition) is 5. The summed E-state index contributed by atoms with van der Waals surface area (Å²) in [6.07, 6.45) is 1.90. The number of hydrogen-bond donors (Lipinski definition) is 1. The highest BCUT2D eigenvalue weighted by Gasteiger charge is 2.11. The molecule has 0 aromatic carbocycles. The molecule has 1 N–H and O–H groups in total. The molecule has 0 saturated carbocycles. The maximum Gasteiger partial charge on any atom is 0.313 e. The van der Waals surface area contributed by atoms with Gasteiger partial charge in [0, 0.05) is 18.4 Å². The Hall–Kier alpha value is -1.50. The Balaban J connectivity index is 2.65. The fourth-order valence-electron chi connectivity index (χ4n) is 1.26. The standard InChI is InChI=1S/C10H14N2O4S/c1-7-5-11-10(17-6-8(13)14)12(7)4-3-9(15)16-2/h5H,3-4,6H2,1-2H3,(H,13,14). The van der Waals surface area contributed by atoms with Crippen molar-refractivity contribution in [2.75, 3.05) is 12.9 Å². The van der Waals surface area contributed by atoms with Gasteiger partial charge in [-0.1, -0.05) is 11.8 Å². The van der Waals surface area contributed by atoms with E-state index in [2.05, 4.69) is 9.72 Å². The number of methoxy groups -OCH3 is 1. The lowest BCUT2D eigenvalue weighted by Gasteiger charge is -2.07. The molecule has 0 unspecified atom stereocenters. The molecule has 0 aliphatic carbocycles. The Morgan fingerprint density at radius 2 is 2.29 bits per heavy atom. The van der Waals surface area contributed by atoms with Gasteiger partial charge in [0.1, 0.15) is 0 Å². The molecule has 0 amide bonds. The van der Waals surface area contributed by atoms with Gasteiger partial charge in [-0.3, -0.25) is 9.59 Å². The van der Waals surface area contributed by atoms with E-state index in [4.69, 9.17) is 5.11 Å². The second-order valence-corrected chi connectivity index (χ2v) is 4.28. The first-order valence-corrected chi connectivity index (χ1v) is 5.96. The second-order valence-electron chi connectivity index (χ2n) is 3.34. The summed E-state index contributed by atoms with van der Waals surface area (Å²) in [6.45, 7) is 2.30. The third-order valence-electron chi connectivity index (χ3n) is 2.11. The Bertz CT molecular complexity index is 416. The van der Waals surface area contributed by atoms with E-state index in [9.17, 15) is 9.59 Å². The first kappa shape index (κ1) is 13.6. The van der Waals surface area contributed by atoms with Crippen molar-refractivity contribution in [1.82, 2.24) is 9.55 Å². The molecule has 6 nitrogen and oxygen atoms in total. The summed E-state index contributed by atoms with van der Waals surface area (Å²) in [7, 11) is 1.34. The van der Waals surface area contributed by atoms with Crippen LogP contribution < -0.4 is 0 Å². The molecule has 0 fully saturated rings. The molecule has 1 heterocycles. The molecule has 94 valence electrons. The highest BCUT2D eigenvalue weighted by molar-refractivity contribution is 7.99. The number of esters is 1. The van der Waals surface area contributed by atoms with Crippen molar-refractivity contribution in [3.63, 3.8) is 0 Å². The third kappa shape index (κ3) is 4.10. The van der Waals surface area contributed by atoms with Crippen molar-refractivity contribution in [3.8, 4) is 0 Å². The number of carbonyl (C=O) groups excluding carboxylic acids is 1. The number of carboxylic acids is 1. The van der Waals surface area contributed by atoms with Crippen LogP contribution in [0.3, 0.4) is 0 Å². The summed E-state index contributed by atoms with van der Waals surface area (Å²) in [6, 6.07) is 0. The summed E-state index contributed by atoms with van der Waals surface area (Å²) in [4.78, 5) is 25.6. The topological polar surface area (TPSA) is 81.4 Å². The molecular formula is C10H14N2O4S. The number of nitrogens with zero attached hydrogens (tertiary/aromatic N) is 2. The molecule has 7 heteroatoms. The normalized spacial score (nSPS) is 10.2. The molecule has 0 radical (unpaired) electrons. The summed E-state index contributed by atoms with van der Waals surface area (Å²) >= 11 is 1.14. The molecule has 0 atom stereocenters. The lowest BCUT2D eigenvalue weighted by Crippen LogP contribution is -2.09. The molecule has 0 aliphatic heterocycles. The summed E-state index contributed by atoms with van der Waals surface area (Å²) in [5.41, 5.74) is 0.891. The number of rotatable bonds is 6. The Labute approximate surface area is 103 Å². The summed E-state index contributed by atoms with van der Waals surface area (Å²) < 4.78 is 6.36. The van der Waals surface area contributed by atoms with Crippen molar-refractivity contribution >= 4 is 23.7 Å². The minimum atomic E-state index is -0.893. The van der Waals surface area contributed by atoms with Gasteiger partial charge in [-0.15, -0.1) is 0 Å². The van der Waals surface area contributed by atoms with E-state index in [1.165, 1.54) is 7.11 Å². The largest absolute Gasteiger partial charge is 0.481 e. The molecule has 17 heavy (non-hydrogen) atoms. The number of aromatic nitrogens is 2. The van der Waals surface area contributed by atoms with Crippen LogP contribution in [0.25, 0.3) is 0 Å². The molecular weight excluding hydrogens is 244 g/mol. The minimum Gasteiger partial charge on any atom is -0.481 e. The number of carboxylic acid groups (broad SMARTS) is 1. The van der Waals surface area contributed by atoms with Crippen LogP contribution in [0, 0.1) is 6.92 Å². The van der Waals surface area contributed by atoms with E-state index in [1.807, 2.05) is 11.5 Å². The van der Waals surface area contributed by atoms with Gasteiger partial charge in [-0.25, -0.2) is 4.98 Å². The zero-order valence-electron chi connectivity index (χ0n) is 9.67. The smallest absolute Gasteiger partial charge is 0.313 e.